The van der Waals surface area contributed by atoms with Gasteiger partial charge >= 0.3 is 0 Å². The second kappa shape index (κ2) is 8.26. The van der Waals surface area contributed by atoms with Gasteiger partial charge in [-0.1, -0.05) is 17.7 Å². The van der Waals surface area contributed by atoms with Crippen LogP contribution in [0.4, 0.5) is 11.6 Å². The van der Waals surface area contributed by atoms with Crippen LogP contribution < -0.4 is 15.4 Å². The standard InChI is InChI=1S/C18H16ClN5O2/c1-26-16-5-4-14(7-15(16)19)24-17(25)13-10-22-18(23-11-13)21-9-12-3-2-6-20-8-12/h2-8,10-11H,9H2,1H3,(H,24,25)(H,21,22,23). The Hall–Kier alpha value is -3.19. The Kier molecular flexibility index (Phi) is 5.60. The van der Waals surface area contributed by atoms with Crippen molar-refractivity contribution in [3.05, 3.63) is 71.3 Å². The Labute approximate surface area is 155 Å². The number of hydrogen-bond donors (Lipinski definition) is 2. The third-order valence-electron chi connectivity index (χ3n) is 3.50. The van der Waals surface area contributed by atoms with E-state index in [4.69, 9.17) is 16.3 Å². The molecule has 0 spiro atoms. The Morgan fingerprint density at radius 1 is 1.19 bits per heavy atom. The summed E-state index contributed by atoms with van der Waals surface area (Å²) in [6, 6.07) is 8.80. The zero-order valence-electron chi connectivity index (χ0n) is 13.9. The molecule has 0 saturated heterocycles. The van der Waals surface area contributed by atoms with Gasteiger partial charge in [0.1, 0.15) is 5.75 Å². The molecular weight excluding hydrogens is 354 g/mol. The molecule has 3 aromatic rings. The number of nitrogens with one attached hydrogen (secondary N) is 2. The number of hydrogen-bond acceptors (Lipinski definition) is 6. The summed E-state index contributed by atoms with van der Waals surface area (Å²) in [4.78, 5) is 24.6. The summed E-state index contributed by atoms with van der Waals surface area (Å²) < 4.78 is 5.08. The van der Waals surface area contributed by atoms with Crippen LogP contribution in [0.15, 0.2) is 55.1 Å². The Balaban J connectivity index is 1.60. The molecule has 2 N–H and O–H groups in total. The molecule has 0 unspecified atom stereocenters. The monoisotopic (exact) mass is 369 g/mol. The van der Waals surface area contributed by atoms with Crippen molar-refractivity contribution in [1.29, 1.82) is 0 Å². The van der Waals surface area contributed by atoms with Crippen molar-refractivity contribution >= 4 is 29.1 Å². The number of nitrogens with zero attached hydrogens (tertiary/aromatic N) is 3. The highest BCUT2D eigenvalue weighted by atomic mass is 35.5. The van der Waals surface area contributed by atoms with Gasteiger partial charge in [-0.15, -0.1) is 0 Å². The van der Waals surface area contributed by atoms with E-state index in [1.54, 1.807) is 30.6 Å². The van der Waals surface area contributed by atoms with Gasteiger partial charge in [-0.3, -0.25) is 9.78 Å². The fourth-order valence-electron chi connectivity index (χ4n) is 2.17. The van der Waals surface area contributed by atoms with Crippen molar-refractivity contribution in [1.82, 2.24) is 15.0 Å². The van der Waals surface area contributed by atoms with Crippen molar-refractivity contribution in [3.8, 4) is 5.75 Å². The van der Waals surface area contributed by atoms with Crippen molar-refractivity contribution in [2.45, 2.75) is 6.54 Å². The zero-order valence-corrected chi connectivity index (χ0v) is 14.7. The first-order valence-electron chi connectivity index (χ1n) is 7.75. The Morgan fingerprint density at radius 3 is 2.65 bits per heavy atom. The largest absolute Gasteiger partial charge is 0.495 e. The minimum Gasteiger partial charge on any atom is -0.495 e. The summed E-state index contributed by atoms with van der Waals surface area (Å²) in [6.45, 7) is 0.545. The van der Waals surface area contributed by atoms with E-state index < -0.39 is 0 Å². The minimum absolute atomic E-state index is 0.329. The molecule has 2 heterocycles. The fraction of sp³-hybridized carbons (Fsp3) is 0.111. The van der Waals surface area contributed by atoms with Gasteiger partial charge in [0, 0.05) is 37.0 Å². The molecule has 8 heteroatoms. The van der Waals surface area contributed by atoms with Gasteiger partial charge in [0.25, 0.3) is 5.91 Å². The van der Waals surface area contributed by atoms with Crippen LogP contribution >= 0.6 is 11.6 Å². The topological polar surface area (TPSA) is 89.0 Å². The number of halogens is 1. The van der Waals surface area contributed by atoms with Gasteiger partial charge in [-0.2, -0.15) is 0 Å². The molecule has 26 heavy (non-hydrogen) atoms. The van der Waals surface area contributed by atoms with Crippen LogP contribution in [0.2, 0.25) is 5.02 Å². The number of carbonyl (C=O) groups is 1. The normalized spacial score (nSPS) is 10.2. The maximum atomic E-state index is 12.3. The van der Waals surface area contributed by atoms with Crippen molar-refractivity contribution in [2.75, 3.05) is 17.7 Å². The second-order valence-electron chi connectivity index (χ2n) is 5.31. The number of pyridine rings is 1. The highest BCUT2D eigenvalue weighted by molar-refractivity contribution is 6.32. The average molecular weight is 370 g/mol. The van der Waals surface area contributed by atoms with Crippen LogP contribution in [0.5, 0.6) is 5.75 Å². The maximum absolute atomic E-state index is 12.3. The Bertz CT molecular complexity index is 888. The number of aromatic nitrogens is 3. The van der Waals surface area contributed by atoms with Crippen LogP contribution in [0.25, 0.3) is 0 Å². The van der Waals surface area contributed by atoms with E-state index in [2.05, 4.69) is 25.6 Å². The van der Waals surface area contributed by atoms with E-state index in [9.17, 15) is 4.79 Å². The lowest BCUT2D eigenvalue weighted by Crippen LogP contribution is -2.13. The number of rotatable bonds is 6. The molecule has 2 aromatic heterocycles. The van der Waals surface area contributed by atoms with Gasteiger partial charge in [0.2, 0.25) is 5.95 Å². The van der Waals surface area contributed by atoms with E-state index in [0.717, 1.165) is 5.56 Å². The van der Waals surface area contributed by atoms with E-state index in [0.29, 0.717) is 34.5 Å². The van der Waals surface area contributed by atoms with Gasteiger partial charge in [0.05, 0.1) is 17.7 Å². The molecule has 0 aliphatic carbocycles. The first-order chi connectivity index (χ1) is 12.7. The zero-order chi connectivity index (χ0) is 18.4. The summed E-state index contributed by atoms with van der Waals surface area (Å²) >= 11 is 6.05. The molecule has 3 rings (SSSR count). The lowest BCUT2D eigenvalue weighted by Gasteiger charge is -2.08. The van der Waals surface area contributed by atoms with E-state index in [1.807, 2.05) is 12.1 Å². The number of amides is 1. The van der Waals surface area contributed by atoms with Crippen LogP contribution in [0, 0.1) is 0 Å². The smallest absolute Gasteiger partial charge is 0.258 e. The van der Waals surface area contributed by atoms with E-state index in [1.165, 1.54) is 19.5 Å². The Morgan fingerprint density at radius 2 is 2.00 bits per heavy atom. The van der Waals surface area contributed by atoms with E-state index in [-0.39, 0.29) is 5.91 Å². The highest BCUT2D eigenvalue weighted by Gasteiger charge is 2.09. The molecule has 0 fully saturated rings. The summed E-state index contributed by atoms with van der Waals surface area (Å²) in [7, 11) is 1.53. The van der Waals surface area contributed by atoms with Crippen LogP contribution in [0.1, 0.15) is 15.9 Å². The molecule has 0 aliphatic rings. The van der Waals surface area contributed by atoms with Gasteiger partial charge in [0.15, 0.2) is 0 Å². The number of carbonyl (C=O) groups excluding carboxylic acids is 1. The van der Waals surface area contributed by atoms with Crippen LogP contribution in [0.3, 0.4) is 0 Å². The lowest BCUT2D eigenvalue weighted by molar-refractivity contribution is 0.102. The van der Waals surface area contributed by atoms with Gasteiger partial charge in [-0.25, -0.2) is 9.97 Å². The second-order valence-corrected chi connectivity index (χ2v) is 5.72. The average Bonchev–Trinajstić information content (AvgIpc) is 2.68. The number of ether oxygens (including phenoxy) is 1. The highest BCUT2D eigenvalue weighted by Crippen LogP contribution is 2.27. The molecule has 1 amide bonds. The van der Waals surface area contributed by atoms with E-state index >= 15 is 0 Å². The van der Waals surface area contributed by atoms with Gasteiger partial charge < -0.3 is 15.4 Å². The summed E-state index contributed by atoms with van der Waals surface area (Å²) in [6.07, 6.45) is 6.39. The first-order valence-corrected chi connectivity index (χ1v) is 8.13. The number of anilines is 2. The molecule has 0 radical (unpaired) electrons. The lowest BCUT2D eigenvalue weighted by atomic mass is 10.2. The molecule has 0 bridgehead atoms. The number of benzene rings is 1. The predicted molar refractivity (Wildman–Crippen MR) is 99.6 cm³/mol. The number of methoxy groups -OCH3 is 1. The summed E-state index contributed by atoms with van der Waals surface area (Å²) in [5, 5.41) is 6.23. The molecule has 1 aromatic carbocycles. The third-order valence-corrected chi connectivity index (χ3v) is 3.79. The molecule has 0 saturated carbocycles. The van der Waals surface area contributed by atoms with Crippen molar-refractivity contribution < 1.29 is 9.53 Å². The summed E-state index contributed by atoms with van der Waals surface area (Å²) in [5.74, 6) is 0.639. The fourth-order valence-corrected chi connectivity index (χ4v) is 2.43. The molecule has 0 aliphatic heterocycles. The molecule has 0 atom stereocenters. The molecule has 132 valence electrons. The van der Waals surface area contributed by atoms with Crippen LogP contribution in [-0.2, 0) is 6.54 Å². The summed E-state index contributed by atoms with van der Waals surface area (Å²) in [5.41, 5.74) is 1.90. The van der Waals surface area contributed by atoms with Crippen LogP contribution in [-0.4, -0.2) is 28.0 Å². The third kappa shape index (κ3) is 4.46. The quantitative estimate of drug-likeness (QED) is 0.692. The predicted octanol–water partition coefficient (Wildman–Crippen LogP) is 3.40. The van der Waals surface area contributed by atoms with Crippen molar-refractivity contribution in [2.24, 2.45) is 0 Å². The van der Waals surface area contributed by atoms with Gasteiger partial charge in [-0.05, 0) is 29.8 Å². The first kappa shape index (κ1) is 17.6. The SMILES string of the molecule is COc1ccc(NC(=O)c2cnc(NCc3cccnc3)nc2)cc1Cl. The molecule has 7 nitrogen and oxygen atoms in total. The molecular formula is C18H16ClN5O2. The minimum atomic E-state index is -0.329. The van der Waals surface area contributed by atoms with Crippen molar-refractivity contribution in [3.63, 3.8) is 0 Å². The maximum Gasteiger partial charge on any atom is 0.258 e.